The lowest BCUT2D eigenvalue weighted by Crippen LogP contribution is -2.54. The molecule has 41 heavy (non-hydrogen) atoms. The third-order valence-corrected chi connectivity index (χ3v) is 8.06. The van der Waals surface area contributed by atoms with E-state index in [0.717, 1.165) is 28.3 Å². The summed E-state index contributed by atoms with van der Waals surface area (Å²) < 4.78 is 45.7. The molecule has 0 aliphatic heterocycles. The number of sulfonamides is 1. The second-order valence-electron chi connectivity index (χ2n) is 9.76. The van der Waals surface area contributed by atoms with Crippen LogP contribution in [0.15, 0.2) is 72.8 Å². The Kier molecular flexibility index (Phi) is 11.1. The first-order valence-corrected chi connectivity index (χ1v) is 15.3. The molecule has 8 nitrogen and oxygen atoms in total. The zero-order valence-electron chi connectivity index (χ0n) is 23.5. The molecule has 0 aliphatic carbocycles. The molecule has 0 heterocycles. The Bertz CT molecular complexity index is 1460. The van der Waals surface area contributed by atoms with Crippen LogP contribution in [0.5, 0.6) is 5.75 Å². The van der Waals surface area contributed by atoms with Gasteiger partial charge in [-0.15, -0.1) is 0 Å². The number of rotatable bonds is 13. The molecule has 2 unspecified atom stereocenters. The quantitative estimate of drug-likeness (QED) is 0.303. The zero-order chi connectivity index (χ0) is 30.2. The molecule has 2 atom stereocenters. The van der Waals surface area contributed by atoms with Crippen LogP contribution in [-0.2, 0) is 32.6 Å². The van der Waals surface area contributed by atoms with Gasteiger partial charge in [-0.2, -0.15) is 0 Å². The SMILES string of the molecule is CCC(C)NC(=O)C(Cc1ccccc1)N(Cc1cccc(OC)c1)C(=O)CN(c1ccc(F)c(Cl)c1)S(C)(=O)=O. The molecule has 0 saturated carbocycles. The third-order valence-electron chi connectivity index (χ3n) is 6.63. The van der Waals surface area contributed by atoms with Gasteiger partial charge in [0.15, 0.2) is 0 Å². The Morgan fingerprint density at radius 3 is 2.32 bits per heavy atom. The van der Waals surface area contributed by atoms with Gasteiger partial charge in [0.25, 0.3) is 0 Å². The average molecular weight is 604 g/mol. The highest BCUT2D eigenvalue weighted by Gasteiger charge is 2.33. The van der Waals surface area contributed by atoms with Crippen LogP contribution in [0.2, 0.25) is 5.02 Å². The normalized spacial score (nSPS) is 12.7. The van der Waals surface area contributed by atoms with E-state index in [1.54, 1.807) is 24.3 Å². The molecule has 0 spiro atoms. The van der Waals surface area contributed by atoms with Crippen molar-refractivity contribution < 1.29 is 27.1 Å². The topological polar surface area (TPSA) is 96.0 Å². The van der Waals surface area contributed by atoms with Gasteiger partial charge in [0.2, 0.25) is 21.8 Å². The van der Waals surface area contributed by atoms with Gasteiger partial charge in [0.1, 0.15) is 24.2 Å². The van der Waals surface area contributed by atoms with Crippen LogP contribution < -0.4 is 14.4 Å². The van der Waals surface area contributed by atoms with Gasteiger partial charge in [0, 0.05) is 19.0 Å². The first kappa shape index (κ1) is 31.9. The summed E-state index contributed by atoms with van der Waals surface area (Å²) in [5.41, 5.74) is 1.53. The standard InChI is InChI=1S/C30H35ClFN3O5S/c1-5-21(2)33-30(37)28(17-22-10-7-6-8-11-22)34(19-23-12-9-13-25(16-23)40-3)29(36)20-35(41(4,38)39)24-14-15-27(32)26(31)18-24/h6-16,18,21,28H,5,17,19-20H2,1-4H3,(H,33,37). The number of halogens is 2. The molecular formula is C30H35ClFN3O5S. The lowest BCUT2D eigenvalue weighted by molar-refractivity contribution is -0.140. The molecule has 0 saturated heterocycles. The van der Waals surface area contributed by atoms with E-state index in [9.17, 15) is 22.4 Å². The van der Waals surface area contributed by atoms with Crippen molar-refractivity contribution in [1.82, 2.24) is 10.2 Å². The monoisotopic (exact) mass is 603 g/mol. The van der Waals surface area contributed by atoms with Crippen LogP contribution in [0.4, 0.5) is 10.1 Å². The lowest BCUT2D eigenvalue weighted by Gasteiger charge is -2.34. The molecule has 0 aromatic heterocycles. The van der Waals surface area contributed by atoms with E-state index >= 15 is 0 Å². The van der Waals surface area contributed by atoms with Gasteiger partial charge in [-0.25, -0.2) is 12.8 Å². The molecule has 3 aromatic rings. The highest BCUT2D eigenvalue weighted by Crippen LogP contribution is 2.25. The van der Waals surface area contributed by atoms with E-state index in [1.807, 2.05) is 44.2 Å². The molecule has 2 amide bonds. The van der Waals surface area contributed by atoms with E-state index in [2.05, 4.69) is 5.32 Å². The highest BCUT2D eigenvalue weighted by molar-refractivity contribution is 7.92. The maximum Gasteiger partial charge on any atom is 0.244 e. The molecule has 1 N–H and O–H groups in total. The summed E-state index contributed by atoms with van der Waals surface area (Å²) in [5.74, 6) is -1.15. The van der Waals surface area contributed by atoms with Gasteiger partial charge in [0.05, 0.1) is 24.1 Å². The number of methoxy groups -OCH3 is 1. The van der Waals surface area contributed by atoms with E-state index < -0.39 is 34.3 Å². The average Bonchev–Trinajstić information content (AvgIpc) is 2.94. The van der Waals surface area contributed by atoms with E-state index in [0.29, 0.717) is 17.7 Å². The Morgan fingerprint density at radius 2 is 1.71 bits per heavy atom. The summed E-state index contributed by atoms with van der Waals surface area (Å²) in [6.45, 7) is 3.18. The molecule has 220 valence electrons. The van der Waals surface area contributed by atoms with Crippen molar-refractivity contribution in [1.29, 1.82) is 0 Å². The number of carbonyl (C=O) groups excluding carboxylic acids is 2. The van der Waals surface area contributed by atoms with Crippen LogP contribution in [0, 0.1) is 5.82 Å². The molecule has 3 aromatic carbocycles. The van der Waals surface area contributed by atoms with Crippen LogP contribution >= 0.6 is 11.6 Å². The highest BCUT2D eigenvalue weighted by atomic mass is 35.5. The Morgan fingerprint density at radius 1 is 1.02 bits per heavy atom. The number of carbonyl (C=O) groups is 2. The van der Waals surface area contributed by atoms with Gasteiger partial charge in [-0.05, 0) is 54.8 Å². The molecular weight excluding hydrogens is 569 g/mol. The van der Waals surface area contributed by atoms with Crippen LogP contribution in [0.3, 0.4) is 0 Å². The Hall–Kier alpha value is -3.63. The number of nitrogens with one attached hydrogen (secondary N) is 1. The van der Waals surface area contributed by atoms with Crippen molar-refractivity contribution >= 4 is 39.1 Å². The second-order valence-corrected chi connectivity index (χ2v) is 12.1. The summed E-state index contributed by atoms with van der Waals surface area (Å²) in [5, 5.41) is 2.69. The maximum atomic E-state index is 14.1. The number of amides is 2. The summed E-state index contributed by atoms with van der Waals surface area (Å²) >= 11 is 5.93. The fraction of sp³-hybridized carbons (Fsp3) is 0.333. The van der Waals surface area contributed by atoms with E-state index in [-0.39, 0.29) is 35.6 Å². The molecule has 0 aliphatic rings. The fourth-order valence-corrected chi connectivity index (χ4v) is 5.23. The van der Waals surface area contributed by atoms with Crippen LogP contribution in [0.1, 0.15) is 31.4 Å². The number of ether oxygens (including phenoxy) is 1. The van der Waals surface area contributed by atoms with Crippen LogP contribution in [0.25, 0.3) is 0 Å². The smallest absolute Gasteiger partial charge is 0.244 e. The zero-order valence-corrected chi connectivity index (χ0v) is 25.1. The summed E-state index contributed by atoms with van der Waals surface area (Å²) in [6, 6.07) is 18.6. The third kappa shape index (κ3) is 8.93. The summed E-state index contributed by atoms with van der Waals surface area (Å²) in [6.07, 6.45) is 1.82. The first-order valence-electron chi connectivity index (χ1n) is 13.1. The van der Waals surface area contributed by atoms with Gasteiger partial charge in [-0.1, -0.05) is 61.0 Å². The fourth-order valence-electron chi connectivity index (χ4n) is 4.22. The van der Waals surface area contributed by atoms with Crippen molar-refractivity contribution in [3.63, 3.8) is 0 Å². The molecule has 0 radical (unpaired) electrons. The molecule has 0 fully saturated rings. The summed E-state index contributed by atoms with van der Waals surface area (Å²) in [7, 11) is -2.48. The van der Waals surface area contributed by atoms with Crippen molar-refractivity contribution in [2.45, 2.75) is 45.3 Å². The van der Waals surface area contributed by atoms with Crippen LogP contribution in [-0.4, -0.2) is 57.1 Å². The van der Waals surface area contributed by atoms with Crippen molar-refractivity contribution in [3.05, 3.63) is 94.8 Å². The minimum atomic E-state index is -4.00. The summed E-state index contributed by atoms with van der Waals surface area (Å²) in [4.78, 5) is 29.1. The minimum Gasteiger partial charge on any atom is -0.497 e. The Balaban J connectivity index is 2.08. The second kappa shape index (κ2) is 14.3. The largest absolute Gasteiger partial charge is 0.497 e. The minimum absolute atomic E-state index is 0.00321. The number of benzene rings is 3. The number of anilines is 1. The van der Waals surface area contributed by atoms with E-state index in [4.69, 9.17) is 16.3 Å². The molecule has 3 rings (SSSR count). The Labute approximate surface area is 246 Å². The number of hydrogen-bond acceptors (Lipinski definition) is 5. The first-order chi connectivity index (χ1) is 19.4. The molecule has 11 heteroatoms. The predicted octanol–water partition coefficient (Wildman–Crippen LogP) is 4.81. The van der Waals surface area contributed by atoms with Gasteiger partial charge < -0.3 is 15.0 Å². The van der Waals surface area contributed by atoms with Crippen molar-refractivity contribution in [2.24, 2.45) is 0 Å². The number of nitrogens with zero attached hydrogens (tertiary/aromatic N) is 2. The predicted molar refractivity (Wildman–Crippen MR) is 159 cm³/mol. The molecule has 0 bridgehead atoms. The lowest BCUT2D eigenvalue weighted by atomic mass is 10.0. The van der Waals surface area contributed by atoms with Crippen molar-refractivity contribution in [2.75, 3.05) is 24.2 Å². The van der Waals surface area contributed by atoms with Gasteiger partial charge in [-0.3, -0.25) is 13.9 Å². The van der Waals surface area contributed by atoms with E-state index in [1.165, 1.54) is 18.1 Å². The number of hydrogen-bond donors (Lipinski definition) is 1. The van der Waals surface area contributed by atoms with Crippen molar-refractivity contribution in [3.8, 4) is 5.75 Å². The van der Waals surface area contributed by atoms with Gasteiger partial charge >= 0.3 is 0 Å². The maximum absolute atomic E-state index is 14.1.